The van der Waals surface area contributed by atoms with E-state index in [2.05, 4.69) is 5.32 Å². The Hall–Kier alpha value is -3.94. The highest BCUT2D eigenvalue weighted by Gasteiger charge is 2.31. The van der Waals surface area contributed by atoms with Crippen LogP contribution in [0.25, 0.3) is 11.1 Å². The van der Waals surface area contributed by atoms with E-state index in [1.807, 2.05) is 91.0 Å². The van der Waals surface area contributed by atoms with E-state index in [0.29, 0.717) is 18.0 Å². The minimum absolute atomic E-state index is 0.0697. The zero-order chi connectivity index (χ0) is 30.0. The topological polar surface area (TPSA) is 66.5 Å². The number of fused-ring (bicyclic) bond motifs is 1. The Morgan fingerprint density at radius 1 is 0.721 bits per heavy atom. The lowest BCUT2D eigenvalue weighted by atomic mass is 9.94. The van der Waals surface area contributed by atoms with Crippen LogP contribution in [0.1, 0.15) is 38.7 Å². The van der Waals surface area contributed by atoms with E-state index in [9.17, 15) is 13.2 Å². The second-order valence-electron chi connectivity index (χ2n) is 10.5. The van der Waals surface area contributed by atoms with Crippen LogP contribution in [-0.4, -0.2) is 25.2 Å². The number of sulfonamides is 1. The number of carbonyl (C=O) groups excluding carboxylic acids is 1. The van der Waals surface area contributed by atoms with E-state index in [1.54, 1.807) is 18.2 Å². The predicted molar refractivity (Wildman–Crippen MR) is 172 cm³/mol. The van der Waals surface area contributed by atoms with Gasteiger partial charge in [-0.15, -0.1) is 0 Å². The average molecular weight is 628 g/mol. The second-order valence-corrected chi connectivity index (χ2v) is 13.2. The number of hydrogen-bond acceptors (Lipinski definition) is 3. The standard InChI is InChI=1S/C35H28Cl2N2O3S/c36-31-16-13-26(14-17-31)34(28-12-6-11-27(21-28)24-7-2-1-3-8-24)38-35(40)29-15-18-32(37)33(22-29)43(41,42)39-20-19-25-9-4-5-10-30(25)23-39/h1-18,21-22,34H,19-20,23H2,(H,38,40). The SMILES string of the molecule is O=C(NC(c1ccc(Cl)cc1)c1cccc(-c2ccccc2)c1)c1ccc(Cl)c(S(=O)(=O)N2CCc3ccccc3C2)c1. The largest absolute Gasteiger partial charge is 0.341 e. The number of nitrogens with one attached hydrogen (secondary N) is 1. The minimum atomic E-state index is -3.96. The van der Waals surface area contributed by atoms with E-state index in [-0.39, 0.29) is 22.0 Å². The highest BCUT2D eigenvalue weighted by Crippen LogP contribution is 2.32. The molecular formula is C35H28Cl2N2O3S. The summed E-state index contributed by atoms with van der Waals surface area (Å²) < 4.78 is 28.9. The number of rotatable bonds is 7. The minimum Gasteiger partial charge on any atom is -0.341 e. The fraction of sp³-hybridized carbons (Fsp3) is 0.114. The number of halogens is 2. The number of carbonyl (C=O) groups is 1. The van der Waals surface area contributed by atoms with Crippen LogP contribution in [0.2, 0.25) is 10.0 Å². The summed E-state index contributed by atoms with van der Waals surface area (Å²) in [6, 6.07) is 36.9. The molecule has 1 unspecified atom stereocenters. The van der Waals surface area contributed by atoms with Crippen LogP contribution < -0.4 is 5.32 Å². The Kier molecular flexibility index (Phi) is 8.37. The van der Waals surface area contributed by atoms with Gasteiger partial charge in [0.1, 0.15) is 4.90 Å². The molecule has 5 aromatic rings. The third kappa shape index (κ3) is 6.24. The van der Waals surface area contributed by atoms with Crippen molar-refractivity contribution in [3.05, 3.63) is 159 Å². The molecule has 43 heavy (non-hydrogen) atoms. The van der Waals surface area contributed by atoms with Crippen molar-refractivity contribution in [1.29, 1.82) is 0 Å². The van der Waals surface area contributed by atoms with Gasteiger partial charge < -0.3 is 5.32 Å². The molecule has 0 radical (unpaired) electrons. The van der Waals surface area contributed by atoms with Crippen LogP contribution in [0.3, 0.4) is 0 Å². The van der Waals surface area contributed by atoms with Crippen LogP contribution >= 0.6 is 23.2 Å². The normalized spacial score (nSPS) is 14.1. The lowest BCUT2D eigenvalue weighted by Crippen LogP contribution is -2.36. The summed E-state index contributed by atoms with van der Waals surface area (Å²) in [5.41, 5.74) is 6.05. The maximum Gasteiger partial charge on any atom is 0.252 e. The van der Waals surface area contributed by atoms with Gasteiger partial charge in [-0.3, -0.25) is 4.79 Å². The molecule has 1 aliphatic heterocycles. The first kappa shape index (κ1) is 29.1. The first-order chi connectivity index (χ1) is 20.8. The molecule has 1 amide bonds. The molecule has 216 valence electrons. The molecule has 1 aliphatic rings. The number of nitrogens with zero attached hydrogens (tertiary/aromatic N) is 1. The van der Waals surface area contributed by atoms with Crippen molar-refractivity contribution in [3.63, 3.8) is 0 Å². The highest BCUT2D eigenvalue weighted by molar-refractivity contribution is 7.89. The van der Waals surface area contributed by atoms with Crippen molar-refractivity contribution in [2.45, 2.75) is 23.9 Å². The van der Waals surface area contributed by atoms with Gasteiger partial charge in [-0.1, -0.05) is 108 Å². The molecule has 1 heterocycles. The van der Waals surface area contributed by atoms with Gasteiger partial charge >= 0.3 is 0 Å². The molecule has 0 fully saturated rings. The molecule has 1 N–H and O–H groups in total. The van der Waals surface area contributed by atoms with Crippen molar-refractivity contribution in [2.24, 2.45) is 0 Å². The van der Waals surface area contributed by atoms with E-state index < -0.39 is 22.0 Å². The maximum atomic E-state index is 13.8. The van der Waals surface area contributed by atoms with Crippen molar-refractivity contribution >= 4 is 39.1 Å². The zero-order valence-electron chi connectivity index (χ0n) is 23.1. The fourth-order valence-electron chi connectivity index (χ4n) is 5.41. The van der Waals surface area contributed by atoms with Crippen molar-refractivity contribution in [1.82, 2.24) is 9.62 Å². The van der Waals surface area contributed by atoms with Crippen molar-refractivity contribution in [3.8, 4) is 11.1 Å². The quantitative estimate of drug-likeness (QED) is 0.199. The van der Waals surface area contributed by atoms with Crippen LogP contribution in [0.5, 0.6) is 0 Å². The van der Waals surface area contributed by atoms with Gasteiger partial charge in [-0.05, 0) is 76.2 Å². The molecular weight excluding hydrogens is 599 g/mol. The van der Waals surface area contributed by atoms with Crippen LogP contribution in [0.4, 0.5) is 0 Å². The Morgan fingerprint density at radius 2 is 1.42 bits per heavy atom. The van der Waals surface area contributed by atoms with Crippen molar-refractivity contribution in [2.75, 3.05) is 6.54 Å². The van der Waals surface area contributed by atoms with E-state index >= 15 is 0 Å². The first-order valence-corrected chi connectivity index (χ1v) is 16.1. The van der Waals surface area contributed by atoms with E-state index in [4.69, 9.17) is 23.2 Å². The van der Waals surface area contributed by atoms with Gasteiger partial charge in [0.05, 0.1) is 11.1 Å². The summed E-state index contributed by atoms with van der Waals surface area (Å²) in [4.78, 5) is 13.7. The third-order valence-corrected chi connectivity index (χ3v) is 10.3. The molecule has 0 spiro atoms. The summed E-state index contributed by atoms with van der Waals surface area (Å²) >= 11 is 12.6. The Balaban J connectivity index is 1.32. The number of benzene rings is 5. The molecule has 5 aromatic carbocycles. The molecule has 0 aliphatic carbocycles. The van der Waals surface area contributed by atoms with Gasteiger partial charge in [0.2, 0.25) is 10.0 Å². The summed E-state index contributed by atoms with van der Waals surface area (Å²) in [6.07, 6.45) is 0.609. The average Bonchev–Trinajstić information content (AvgIpc) is 3.04. The van der Waals surface area contributed by atoms with Crippen LogP contribution in [0.15, 0.2) is 126 Å². The van der Waals surface area contributed by atoms with Gasteiger partial charge in [-0.25, -0.2) is 8.42 Å². The number of hydrogen-bond donors (Lipinski definition) is 1. The third-order valence-electron chi connectivity index (χ3n) is 7.71. The van der Waals surface area contributed by atoms with Crippen LogP contribution in [0, 0.1) is 0 Å². The predicted octanol–water partition coefficient (Wildman–Crippen LogP) is 7.93. The zero-order valence-corrected chi connectivity index (χ0v) is 25.4. The lowest BCUT2D eigenvalue weighted by Gasteiger charge is -2.28. The summed E-state index contributed by atoms with van der Waals surface area (Å²) in [7, 11) is -3.96. The van der Waals surface area contributed by atoms with Gasteiger partial charge in [0, 0.05) is 23.7 Å². The molecule has 0 saturated carbocycles. The first-order valence-electron chi connectivity index (χ1n) is 13.9. The summed E-state index contributed by atoms with van der Waals surface area (Å²) in [6.45, 7) is 0.587. The highest BCUT2D eigenvalue weighted by atomic mass is 35.5. The second kappa shape index (κ2) is 12.3. The molecule has 8 heteroatoms. The molecule has 6 rings (SSSR count). The Labute approximate surface area is 261 Å². The monoisotopic (exact) mass is 626 g/mol. The molecule has 1 atom stereocenters. The molecule has 0 bridgehead atoms. The van der Waals surface area contributed by atoms with Crippen LogP contribution in [-0.2, 0) is 23.0 Å². The molecule has 0 aromatic heterocycles. The van der Waals surface area contributed by atoms with Gasteiger partial charge in [-0.2, -0.15) is 4.31 Å². The van der Waals surface area contributed by atoms with Crippen molar-refractivity contribution < 1.29 is 13.2 Å². The Morgan fingerprint density at radius 3 is 2.19 bits per heavy atom. The van der Waals surface area contributed by atoms with E-state index in [1.165, 1.54) is 16.4 Å². The smallest absolute Gasteiger partial charge is 0.252 e. The fourth-order valence-corrected chi connectivity index (χ4v) is 7.46. The van der Waals surface area contributed by atoms with E-state index in [0.717, 1.165) is 33.4 Å². The molecule has 5 nitrogen and oxygen atoms in total. The van der Waals surface area contributed by atoms with Gasteiger partial charge in [0.15, 0.2) is 0 Å². The molecule has 0 saturated heterocycles. The summed E-state index contributed by atoms with van der Waals surface area (Å²) in [5.74, 6) is -0.429. The lowest BCUT2D eigenvalue weighted by molar-refractivity contribution is 0.0942. The maximum absolute atomic E-state index is 13.8. The van der Waals surface area contributed by atoms with Gasteiger partial charge in [0.25, 0.3) is 5.91 Å². The number of amides is 1. The summed E-state index contributed by atoms with van der Waals surface area (Å²) in [5, 5.41) is 3.77. The Bertz CT molecular complexity index is 1890.